The highest BCUT2D eigenvalue weighted by molar-refractivity contribution is 5.95. The summed E-state index contributed by atoms with van der Waals surface area (Å²) < 4.78 is 14.4. The van der Waals surface area contributed by atoms with Gasteiger partial charge in [-0.1, -0.05) is 42.5 Å². The number of aromatic nitrogens is 1. The average molecular weight is 320 g/mol. The van der Waals surface area contributed by atoms with Gasteiger partial charge in [-0.2, -0.15) is 0 Å². The minimum Gasteiger partial charge on any atom is -0.324 e. The zero-order valence-corrected chi connectivity index (χ0v) is 13.2. The molecular weight excluding hydrogens is 303 g/mol. The molecule has 0 aliphatic rings. The SMILES string of the molecule is C[C@H](C(=O)Nc1cccnc1)c1ccc(-c2ccccc2)c(F)c1. The molecule has 0 saturated heterocycles. The third-order valence-electron chi connectivity index (χ3n) is 3.90. The van der Waals surface area contributed by atoms with Gasteiger partial charge in [-0.25, -0.2) is 4.39 Å². The fraction of sp³-hybridized carbons (Fsp3) is 0.100. The Labute approximate surface area is 140 Å². The van der Waals surface area contributed by atoms with Crippen molar-refractivity contribution in [3.05, 3.63) is 84.4 Å². The molecule has 1 atom stereocenters. The number of benzene rings is 2. The van der Waals surface area contributed by atoms with Crippen LogP contribution in [0.4, 0.5) is 10.1 Å². The van der Waals surface area contributed by atoms with E-state index in [1.807, 2.05) is 30.3 Å². The Morgan fingerprint density at radius 3 is 2.54 bits per heavy atom. The van der Waals surface area contributed by atoms with Gasteiger partial charge in [0, 0.05) is 11.8 Å². The molecular formula is C20H17FN2O. The van der Waals surface area contributed by atoms with Gasteiger partial charge in [-0.3, -0.25) is 9.78 Å². The van der Waals surface area contributed by atoms with Gasteiger partial charge in [-0.15, -0.1) is 0 Å². The molecule has 0 unspecified atom stereocenters. The highest BCUT2D eigenvalue weighted by Crippen LogP contribution is 2.26. The summed E-state index contributed by atoms with van der Waals surface area (Å²) in [6.07, 6.45) is 3.21. The smallest absolute Gasteiger partial charge is 0.231 e. The van der Waals surface area contributed by atoms with Gasteiger partial charge in [0.1, 0.15) is 5.82 Å². The molecule has 0 fully saturated rings. The van der Waals surface area contributed by atoms with E-state index in [4.69, 9.17) is 0 Å². The highest BCUT2D eigenvalue weighted by Gasteiger charge is 2.17. The fourth-order valence-corrected chi connectivity index (χ4v) is 2.49. The van der Waals surface area contributed by atoms with Gasteiger partial charge in [0.25, 0.3) is 0 Å². The van der Waals surface area contributed by atoms with Crippen LogP contribution in [-0.4, -0.2) is 10.9 Å². The predicted molar refractivity (Wildman–Crippen MR) is 93.1 cm³/mol. The molecule has 0 aliphatic heterocycles. The van der Waals surface area contributed by atoms with Gasteiger partial charge >= 0.3 is 0 Å². The Balaban J connectivity index is 1.79. The summed E-state index contributed by atoms with van der Waals surface area (Å²) in [5.74, 6) is -1.00. The van der Waals surface area contributed by atoms with E-state index in [1.165, 1.54) is 6.07 Å². The van der Waals surface area contributed by atoms with E-state index in [0.717, 1.165) is 5.56 Å². The van der Waals surface area contributed by atoms with Gasteiger partial charge in [0.15, 0.2) is 0 Å². The van der Waals surface area contributed by atoms with Gasteiger partial charge in [0.2, 0.25) is 5.91 Å². The lowest BCUT2D eigenvalue weighted by atomic mass is 9.96. The number of carbonyl (C=O) groups excluding carboxylic acids is 1. The summed E-state index contributed by atoms with van der Waals surface area (Å²) in [7, 11) is 0. The van der Waals surface area contributed by atoms with Crippen LogP contribution in [-0.2, 0) is 4.79 Å². The van der Waals surface area contributed by atoms with E-state index in [2.05, 4.69) is 10.3 Å². The lowest BCUT2D eigenvalue weighted by Crippen LogP contribution is -2.19. The Bertz CT molecular complexity index is 835. The monoisotopic (exact) mass is 320 g/mol. The molecule has 0 bridgehead atoms. The minimum absolute atomic E-state index is 0.199. The van der Waals surface area contributed by atoms with Crippen LogP contribution < -0.4 is 5.32 Å². The number of anilines is 1. The summed E-state index contributed by atoms with van der Waals surface area (Å²) in [5, 5.41) is 2.78. The van der Waals surface area contributed by atoms with Crippen molar-refractivity contribution >= 4 is 11.6 Å². The number of nitrogens with one attached hydrogen (secondary N) is 1. The maximum absolute atomic E-state index is 14.4. The summed E-state index contributed by atoms with van der Waals surface area (Å²) in [5.41, 5.74) is 2.59. The van der Waals surface area contributed by atoms with Crippen molar-refractivity contribution in [1.82, 2.24) is 4.98 Å². The number of pyridine rings is 1. The molecule has 0 radical (unpaired) electrons. The molecule has 1 aromatic heterocycles. The topological polar surface area (TPSA) is 42.0 Å². The van der Waals surface area contributed by atoms with Crippen LogP contribution >= 0.6 is 0 Å². The first-order chi connectivity index (χ1) is 11.6. The van der Waals surface area contributed by atoms with Gasteiger partial charge in [-0.05, 0) is 36.2 Å². The normalized spacial score (nSPS) is 11.8. The van der Waals surface area contributed by atoms with Crippen LogP contribution in [0.5, 0.6) is 0 Å². The first-order valence-electron chi connectivity index (χ1n) is 7.71. The molecule has 1 N–H and O–H groups in total. The van der Waals surface area contributed by atoms with Crippen molar-refractivity contribution in [1.29, 1.82) is 0 Å². The molecule has 2 aromatic carbocycles. The quantitative estimate of drug-likeness (QED) is 0.761. The number of nitrogens with zero attached hydrogens (tertiary/aromatic N) is 1. The molecule has 3 rings (SSSR count). The molecule has 1 heterocycles. The molecule has 24 heavy (non-hydrogen) atoms. The maximum Gasteiger partial charge on any atom is 0.231 e. The molecule has 0 saturated carbocycles. The number of carbonyl (C=O) groups is 1. The number of amides is 1. The highest BCUT2D eigenvalue weighted by atomic mass is 19.1. The van der Waals surface area contributed by atoms with E-state index >= 15 is 0 Å². The molecule has 120 valence electrons. The van der Waals surface area contributed by atoms with Crippen LogP contribution in [0.25, 0.3) is 11.1 Å². The zero-order valence-electron chi connectivity index (χ0n) is 13.2. The Morgan fingerprint density at radius 2 is 1.88 bits per heavy atom. The van der Waals surface area contributed by atoms with Crippen molar-refractivity contribution in [2.45, 2.75) is 12.8 Å². The number of hydrogen-bond donors (Lipinski definition) is 1. The van der Waals surface area contributed by atoms with E-state index in [9.17, 15) is 9.18 Å². The number of hydrogen-bond acceptors (Lipinski definition) is 2. The summed E-state index contributed by atoms with van der Waals surface area (Å²) in [6, 6.07) is 17.8. The molecule has 3 aromatic rings. The van der Waals surface area contributed by atoms with Crippen LogP contribution in [0.1, 0.15) is 18.4 Å². The van der Waals surface area contributed by atoms with Crippen LogP contribution in [0.3, 0.4) is 0 Å². The standard InChI is InChI=1S/C20H17FN2O/c1-14(20(24)23-17-8-5-11-22-13-17)16-9-10-18(19(21)12-16)15-6-3-2-4-7-15/h2-14H,1H3,(H,23,24)/t14-/m0/s1. The van der Waals surface area contributed by atoms with Crippen LogP contribution in [0, 0.1) is 5.82 Å². The lowest BCUT2D eigenvalue weighted by Gasteiger charge is -2.14. The Hall–Kier alpha value is -3.01. The number of halogens is 1. The van der Waals surface area contributed by atoms with E-state index in [1.54, 1.807) is 43.6 Å². The average Bonchev–Trinajstić information content (AvgIpc) is 2.62. The second kappa shape index (κ2) is 7.04. The van der Waals surface area contributed by atoms with Crippen LogP contribution in [0.2, 0.25) is 0 Å². The van der Waals surface area contributed by atoms with Crippen molar-refractivity contribution < 1.29 is 9.18 Å². The van der Waals surface area contributed by atoms with Crippen molar-refractivity contribution in [2.24, 2.45) is 0 Å². The fourth-order valence-electron chi connectivity index (χ4n) is 2.49. The van der Waals surface area contributed by atoms with Crippen molar-refractivity contribution in [3.8, 4) is 11.1 Å². The molecule has 1 amide bonds. The maximum atomic E-state index is 14.4. The molecule has 0 spiro atoms. The summed E-state index contributed by atoms with van der Waals surface area (Å²) in [6.45, 7) is 1.75. The first kappa shape index (κ1) is 15.9. The van der Waals surface area contributed by atoms with E-state index < -0.39 is 5.92 Å². The largest absolute Gasteiger partial charge is 0.324 e. The second-order valence-corrected chi connectivity index (χ2v) is 5.56. The third-order valence-corrected chi connectivity index (χ3v) is 3.90. The molecule has 3 nitrogen and oxygen atoms in total. The molecule has 4 heteroatoms. The zero-order chi connectivity index (χ0) is 16.9. The van der Waals surface area contributed by atoms with Crippen molar-refractivity contribution in [2.75, 3.05) is 5.32 Å². The Kier molecular flexibility index (Phi) is 4.66. The molecule has 0 aliphatic carbocycles. The Morgan fingerprint density at radius 1 is 1.08 bits per heavy atom. The minimum atomic E-state index is -0.468. The third kappa shape index (κ3) is 3.49. The van der Waals surface area contributed by atoms with E-state index in [-0.39, 0.29) is 11.7 Å². The van der Waals surface area contributed by atoms with Crippen molar-refractivity contribution in [3.63, 3.8) is 0 Å². The number of rotatable bonds is 4. The second-order valence-electron chi connectivity index (χ2n) is 5.56. The summed E-state index contributed by atoms with van der Waals surface area (Å²) in [4.78, 5) is 16.3. The summed E-state index contributed by atoms with van der Waals surface area (Å²) >= 11 is 0. The van der Waals surface area contributed by atoms with E-state index in [0.29, 0.717) is 16.8 Å². The lowest BCUT2D eigenvalue weighted by molar-refractivity contribution is -0.117. The van der Waals surface area contributed by atoms with Gasteiger partial charge in [0.05, 0.1) is 17.8 Å². The van der Waals surface area contributed by atoms with Crippen LogP contribution in [0.15, 0.2) is 73.1 Å². The predicted octanol–water partition coefficient (Wildman–Crippen LogP) is 4.63. The first-order valence-corrected chi connectivity index (χ1v) is 7.71. The van der Waals surface area contributed by atoms with Gasteiger partial charge < -0.3 is 5.32 Å².